The first-order valence-electron chi connectivity index (χ1n) is 11.0. The van der Waals surface area contributed by atoms with Crippen molar-refractivity contribution in [2.75, 3.05) is 6.26 Å². The van der Waals surface area contributed by atoms with Crippen LogP contribution in [-0.2, 0) is 16.6 Å². The summed E-state index contributed by atoms with van der Waals surface area (Å²) in [5.74, 6) is -0.0261. The second kappa shape index (κ2) is 8.80. The molecule has 6 aromatic rings. The lowest BCUT2D eigenvalue weighted by atomic mass is 10.1. The highest BCUT2D eigenvalue weighted by Crippen LogP contribution is 2.31. The molecule has 0 atom stereocenters. The highest BCUT2D eigenvalue weighted by atomic mass is 32.2. The number of rotatable bonds is 6. The number of hydrogen-bond donors (Lipinski definition) is 3. The third kappa shape index (κ3) is 4.52. The lowest BCUT2D eigenvalue weighted by Gasteiger charge is -2.07. The molecule has 184 valence electrons. The Balaban J connectivity index is 1.44. The van der Waals surface area contributed by atoms with Gasteiger partial charge in [-0.15, -0.1) is 0 Å². The molecule has 0 fully saturated rings. The van der Waals surface area contributed by atoms with E-state index < -0.39 is 15.8 Å². The average molecular weight is 516 g/mol. The van der Waals surface area contributed by atoms with Gasteiger partial charge in [0.1, 0.15) is 22.7 Å². The van der Waals surface area contributed by atoms with E-state index in [1.165, 1.54) is 12.1 Å². The molecule has 5 aromatic heterocycles. The van der Waals surface area contributed by atoms with Crippen LogP contribution in [-0.4, -0.2) is 54.8 Å². The summed E-state index contributed by atoms with van der Waals surface area (Å²) in [7, 11) is -3.44. The predicted octanol–water partition coefficient (Wildman–Crippen LogP) is 3.21. The summed E-state index contributed by atoms with van der Waals surface area (Å²) in [6.07, 6.45) is 9.13. The van der Waals surface area contributed by atoms with Gasteiger partial charge in [0, 0.05) is 36.1 Å². The minimum Gasteiger partial charge on any atom is -0.336 e. The van der Waals surface area contributed by atoms with E-state index in [-0.39, 0.29) is 6.54 Å². The molecule has 0 amide bonds. The van der Waals surface area contributed by atoms with Crippen molar-refractivity contribution in [3.05, 3.63) is 72.7 Å². The van der Waals surface area contributed by atoms with Gasteiger partial charge in [-0.1, -0.05) is 0 Å². The zero-order valence-corrected chi connectivity index (χ0v) is 20.1. The van der Waals surface area contributed by atoms with Gasteiger partial charge in [0.05, 0.1) is 41.1 Å². The van der Waals surface area contributed by atoms with Crippen LogP contribution in [0.15, 0.2) is 61.3 Å². The third-order valence-electron chi connectivity index (χ3n) is 5.67. The highest BCUT2D eigenvalue weighted by molar-refractivity contribution is 7.88. The fourth-order valence-corrected chi connectivity index (χ4v) is 4.46. The molecule has 0 aliphatic carbocycles. The van der Waals surface area contributed by atoms with Crippen LogP contribution in [0.2, 0.25) is 0 Å². The second-order valence-electron chi connectivity index (χ2n) is 8.36. The number of fused-ring (bicyclic) bond motifs is 2. The minimum absolute atomic E-state index is 0.0488. The summed E-state index contributed by atoms with van der Waals surface area (Å²) in [6, 6.07) is 7.92. The van der Waals surface area contributed by atoms with E-state index in [1.54, 1.807) is 43.1 Å². The number of H-pyrrole nitrogens is 2. The molecule has 0 unspecified atom stereocenters. The molecule has 11 nitrogen and oxygen atoms in total. The molecule has 0 spiro atoms. The number of hydrogen-bond acceptors (Lipinski definition) is 8. The van der Waals surface area contributed by atoms with Gasteiger partial charge in [-0.2, -0.15) is 5.10 Å². The summed E-state index contributed by atoms with van der Waals surface area (Å²) in [4.78, 5) is 25.3. The molecule has 6 rings (SSSR count). The Kier molecular flexibility index (Phi) is 5.43. The molecule has 13 heteroatoms. The second-order valence-corrected chi connectivity index (χ2v) is 10.2. The van der Waals surface area contributed by atoms with Gasteiger partial charge < -0.3 is 4.98 Å². The summed E-state index contributed by atoms with van der Waals surface area (Å²) in [6.45, 7) is -0.0488. The number of benzene rings is 1. The van der Waals surface area contributed by atoms with E-state index >= 15 is 0 Å². The van der Waals surface area contributed by atoms with Crippen molar-refractivity contribution >= 4 is 32.0 Å². The first-order valence-corrected chi connectivity index (χ1v) is 12.9. The van der Waals surface area contributed by atoms with Crippen molar-refractivity contribution in [2.45, 2.75) is 6.54 Å². The monoisotopic (exact) mass is 515 g/mol. The molecular weight excluding hydrogens is 497 g/mol. The van der Waals surface area contributed by atoms with Crippen LogP contribution in [0.25, 0.3) is 56.1 Å². The quantitative estimate of drug-likeness (QED) is 0.305. The Morgan fingerprint density at radius 3 is 2.65 bits per heavy atom. The van der Waals surface area contributed by atoms with Crippen LogP contribution >= 0.6 is 0 Å². The third-order valence-corrected chi connectivity index (χ3v) is 6.34. The van der Waals surface area contributed by atoms with Crippen molar-refractivity contribution in [2.24, 2.45) is 0 Å². The van der Waals surface area contributed by atoms with Gasteiger partial charge in [0.2, 0.25) is 10.0 Å². The molecule has 0 aliphatic rings. The van der Waals surface area contributed by atoms with Gasteiger partial charge in [-0.25, -0.2) is 22.5 Å². The molecule has 0 saturated carbocycles. The van der Waals surface area contributed by atoms with E-state index in [9.17, 15) is 12.8 Å². The maximum absolute atomic E-state index is 14.5. The van der Waals surface area contributed by atoms with Crippen LogP contribution in [0.1, 0.15) is 5.56 Å². The number of halogens is 1. The smallest absolute Gasteiger partial charge is 0.209 e. The van der Waals surface area contributed by atoms with Gasteiger partial charge >= 0.3 is 0 Å². The number of imidazole rings is 1. The number of nitrogens with one attached hydrogen (secondary N) is 3. The summed E-state index contributed by atoms with van der Waals surface area (Å²) in [5.41, 5.74) is 5.12. The minimum atomic E-state index is -3.44. The van der Waals surface area contributed by atoms with E-state index in [4.69, 9.17) is 4.98 Å². The Morgan fingerprint density at radius 2 is 1.84 bits per heavy atom. The lowest BCUT2D eigenvalue weighted by molar-refractivity contribution is 0.586. The van der Waals surface area contributed by atoms with Gasteiger partial charge in [0.15, 0.2) is 5.82 Å². The number of sulfonamides is 1. The van der Waals surface area contributed by atoms with Gasteiger partial charge in [-0.05, 0) is 35.9 Å². The Hall–Kier alpha value is -4.62. The number of nitrogens with zero attached hydrogens (tertiary/aromatic N) is 6. The summed E-state index contributed by atoms with van der Waals surface area (Å²) >= 11 is 0. The van der Waals surface area contributed by atoms with Crippen molar-refractivity contribution < 1.29 is 12.8 Å². The summed E-state index contributed by atoms with van der Waals surface area (Å²) < 4.78 is 39.8. The molecule has 0 radical (unpaired) electrons. The van der Waals surface area contributed by atoms with E-state index in [0.717, 1.165) is 17.2 Å². The predicted molar refractivity (Wildman–Crippen MR) is 135 cm³/mol. The number of aromatic amines is 2. The van der Waals surface area contributed by atoms with Crippen LogP contribution in [0.4, 0.5) is 4.39 Å². The lowest BCUT2D eigenvalue weighted by Crippen LogP contribution is -2.21. The molecule has 3 N–H and O–H groups in total. The normalized spacial score (nSPS) is 11.9. The van der Waals surface area contributed by atoms with Crippen LogP contribution in [0.3, 0.4) is 0 Å². The Morgan fingerprint density at radius 1 is 0.946 bits per heavy atom. The van der Waals surface area contributed by atoms with E-state index in [1.807, 2.05) is 6.07 Å². The van der Waals surface area contributed by atoms with Crippen molar-refractivity contribution in [1.82, 2.24) is 44.8 Å². The Labute approximate surface area is 209 Å². The van der Waals surface area contributed by atoms with E-state index in [2.05, 4.69) is 39.8 Å². The van der Waals surface area contributed by atoms with Gasteiger partial charge in [-0.3, -0.25) is 25.0 Å². The maximum atomic E-state index is 14.5. The maximum Gasteiger partial charge on any atom is 0.209 e. The molecule has 37 heavy (non-hydrogen) atoms. The molecule has 5 heterocycles. The van der Waals surface area contributed by atoms with Crippen molar-refractivity contribution in [1.29, 1.82) is 0 Å². The zero-order chi connectivity index (χ0) is 25.6. The topological polar surface area (TPSA) is 155 Å². The van der Waals surface area contributed by atoms with E-state index in [0.29, 0.717) is 50.8 Å². The summed E-state index contributed by atoms with van der Waals surface area (Å²) in [5, 5.41) is 8.18. The number of pyridine rings is 2. The first kappa shape index (κ1) is 22.8. The Bertz CT molecular complexity index is 1890. The first-order chi connectivity index (χ1) is 17.8. The van der Waals surface area contributed by atoms with Crippen LogP contribution in [0, 0.1) is 5.82 Å². The molecule has 1 aromatic carbocycles. The fraction of sp³-hybridized carbons (Fsp3) is 0.0833. The van der Waals surface area contributed by atoms with Crippen molar-refractivity contribution in [3.63, 3.8) is 0 Å². The van der Waals surface area contributed by atoms with Crippen molar-refractivity contribution in [3.8, 4) is 34.2 Å². The largest absolute Gasteiger partial charge is 0.336 e. The van der Waals surface area contributed by atoms with Crippen LogP contribution in [0.5, 0.6) is 0 Å². The standard InChI is InChI=1S/C24H18FN9O2S/c1-37(35,36)30-10-13-6-14(8-15(25)7-13)21-23-17(2-3-28-21)31-24(32-23)22-16-9-18(20-11-26-4-5-27-20)29-12-19(16)33-34-22/h2-9,11-12,30H,10H2,1H3,(H,31,32)(H,33,34). The fourth-order valence-electron chi connectivity index (χ4n) is 4.03. The SMILES string of the molecule is CS(=O)(=O)NCc1cc(F)cc(-c2nccc3[nH]c(-c4n[nH]c5cnc(-c6cnccn6)cc45)nc23)c1. The molecule has 0 aliphatic heterocycles. The molecule has 0 saturated heterocycles. The number of aromatic nitrogens is 8. The zero-order valence-electron chi connectivity index (χ0n) is 19.3. The van der Waals surface area contributed by atoms with Crippen LogP contribution < -0.4 is 4.72 Å². The van der Waals surface area contributed by atoms with Gasteiger partial charge in [0.25, 0.3) is 0 Å². The average Bonchev–Trinajstić information content (AvgIpc) is 3.51. The molecular formula is C24H18FN9O2S. The molecule has 0 bridgehead atoms. The highest BCUT2D eigenvalue weighted by Gasteiger charge is 2.18.